The van der Waals surface area contributed by atoms with Gasteiger partial charge in [-0.15, -0.1) is 0 Å². The lowest BCUT2D eigenvalue weighted by Gasteiger charge is -2.15. The highest BCUT2D eigenvalue weighted by Crippen LogP contribution is 2.31. The smallest absolute Gasteiger partial charge is 0.263 e. The Labute approximate surface area is 215 Å². The minimum absolute atomic E-state index is 0. The monoisotopic (exact) mass is 524 g/mol. The summed E-state index contributed by atoms with van der Waals surface area (Å²) in [5, 5.41) is 18.4. The zero-order valence-electron chi connectivity index (χ0n) is 19.4. The first-order chi connectivity index (χ1) is 17.3. The second kappa shape index (κ2) is 11.5. The van der Waals surface area contributed by atoms with Crippen LogP contribution < -0.4 is 25.4 Å². The first-order valence-corrected chi connectivity index (χ1v) is 12.2. The molecule has 4 rings (SSSR count). The Kier molecular flexibility index (Phi) is 8.48. The zero-order valence-corrected chi connectivity index (χ0v) is 20.3. The number of sulfonamides is 1. The lowest BCUT2D eigenvalue weighted by Crippen LogP contribution is -2.25. The number of benzene rings is 3. The van der Waals surface area contributed by atoms with Gasteiger partial charge in [0, 0.05) is 29.6 Å². The van der Waals surface area contributed by atoms with Gasteiger partial charge in [-0.2, -0.15) is 0 Å². The molecule has 1 aromatic heterocycles. The van der Waals surface area contributed by atoms with E-state index in [9.17, 15) is 18.3 Å². The number of para-hydroxylation sites is 2. The number of hydrogen-bond acceptors (Lipinski definition) is 9. The number of phenols is 1. The van der Waals surface area contributed by atoms with Gasteiger partial charge in [0.15, 0.2) is 11.6 Å². The van der Waals surface area contributed by atoms with Crippen LogP contribution >= 0.6 is 0 Å². The van der Waals surface area contributed by atoms with E-state index in [2.05, 4.69) is 30.6 Å². The number of amides is 1. The van der Waals surface area contributed by atoms with E-state index in [0.717, 1.165) is 0 Å². The van der Waals surface area contributed by atoms with Gasteiger partial charge in [0.25, 0.3) is 10.0 Å². The number of phenolic OH excluding ortho intramolecular Hbond substituents is 1. The van der Waals surface area contributed by atoms with Crippen LogP contribution in [-0.4, -0.2) is 50.1 Å². The molecule has 0 radical (unpaired) electrons. The Bertz CT molecular complexity index is 1530. The standard InChI is InChI=1S/C24H24N6O5S.CH4/c1-25-14-22(32)26-15-6-5-7-19(12-15)36(33,34)30-24-23(28-20-8-3-4-9-21(20)29-24)27-16-10-17(31)13-18(11-16)35-2;/h3-13,25,31H,14H2,1-2H3,(H,26,32)(H,27,28)(H,29,30);1H4. The number of aromatic hydroxyl groups is 1. The number of hydrogen-bond donors (Lipinski definition) is 5. The van der Waals surface area contributed by atoms with E-state index in [1.807, 2.05) is 0 Å². The number of nitrogens with one attached hydrogen (secondary N) is 4. The van der Waals surface area contributed by atoms with Gasteiger partial charge in [-0.25, -0.2) is 18.4 Å². The van der Waals surface area contributed by atoms with E-state index in [1.165, 1.54) is 37.4 Å². The average Bonchev–Trinajstić information content (AvgIpc) is 2.84. The van der Waals surface area contributed by atoms with Crippen LogP contribution in [0.4, 0.5) is 23.0 Å². The number of ether oxygens (including phenoxy) is 1. The minimum atomic E-state index is -4.12. The van der Waals surface area contributed by atoms with E-state index in [0.29, 0.717) is 28.2 Å². The maximum absolute atomic E-state index is 13.3. The number of carbonyl (C=O) groups excluding carboxylic acids is 1. The minimum Gasteiger partial charge on any atom is -0.508 e. The van der Waals surface area contributed by atoms with Crippen molar-refractivity contribution >= 4 is 50.0 Å². The third-order valence-corrected chi connectivity index (χ3v) is 6.29. The van der Waals surface area contributed by atoms with Crippen LogP contribution in [0.25, 0.3) is 11.0 Å². The summed E-state index contributed by atoms with van der Waals surface area (Å²) in [6.07, 6.45) is 0. The van der Waals surface area contributed by atoms with Gasteiger partial charge in [-0.1, -0.05) is 25.6 Å². The predicted molar refractivity (Wildman–Crippen MR) is 144 cm³/mol. The van der Waals surface area contributed by atoms with Crippen molar-refractivity contribution in [1.29, 1.82) is 0 Å². The molecule has 12 heteroatoms. The molecule has 3 aromatic carbocycles. The number of likely N-dealkylation sites (N-methyl/N-ethyl adjacent to an activating group) is 1. The van der Waals surface area contributed by atoms with Crippen LogP contribution in [0, 0.1) is 0 Å². The molecule has 0 spiro atoms. The molecule has 0 fully saturated rings. The van der Waals surface area contributed by atoms with Gasteiger partial charge in [-0.05, 0) is 37.4 Å². The molecule has 5 N–H and O–H groups in total. The van der Waals surface area contributed by atoms with Crippen molar-refractivity contribution in [2.75, 3.05) is 36.1 Å². The van der Waals surface area contributed by atoms with Gasteiger partial charge >= 0.3 is 0 Å². The summed E-state index contributed by atoms with van der Waals surface area (Å²) in [5.41, 5.74) is 1.74. The van der Waals surface area contributed by atoms with Crippen LogP contribution in [0.2, 0.25) is 0 Å². The van der Waals surface area contributed by atoms with E-state index in [-0.39, 0.29) is 42.2 Å². The molecule has 0 aliphatic rings. The lowest BCUT2D eigenvalue weighted by molar-refractivity contribution is -0.115. The Morgan fingerprint density at radius 1 is 0.946 bits per heavy atom. The van der Waals surface area contributed by atoms with Crippen LogP contribution in [0.1, 0.15) is 7.43 Å². The molecule has 0 atom stereocenters. The third-order valence-electron chi connectivity index (χ3n) is 4.96. The molecule has 1 heterocycles. The van der Waals surface area contributed by atoms with Gasteiger partial charge in [-0.3, -0.25) is 9.52 Å². The predicted octanol–water partition coefficient (Wildman–Crippen LogP) is 3.68. The maximum Gasteiger partial charge on any atom is 0.263 e. The number of rotatable bonds is 9. The molecule has 0 aliphatic heterocycles. The summed E-state index contributed by atoms with van der Waals surface area (Å²) in [6.45, 7) is 0.0801. The van der Waals surface area contributed by atoms with Gasteiger partial charge in [0.1, 0.15) is 11.5 Å². The Morgan fingerprint density at radius 2 is 1.65 bits per heavy atom. The molecule has 0 aliphatic carbocycles. The molecule has 1 amide bonds. The maximum atomic E-state index is 13.3. The SMILES string of the molecule is C.CNCC(=O)Nc1cccc(S(=O)(=O)Nc2nc3ccccc3nc2Nc2cc(O)cc(OC)c2)c1. The number of fused-ring (bicyclic) bond motifs is 1. The first kappa shape index (κ1) is 27.2. The highest BCUT2D eigenvalue weighted by molar-refractivity contribution is 7.92. The van der Waals surface area contributed by atoms with Gasteiger partial charge < -0.3 is 25.8 Å². The topological polar surface area (TPSA) is 155 Å². The fourth-order valence-corrected chi connectivity index (χ4v) is 4.42. The fourth-order valence-electron chi connectivity index (χ4n) is 3.36. The van der Waals surface area contributed by atoms with Crippen molar-refractivity contribution in [3.8, 4) is 11.5 Å². The Hall–Kier alpha value is -4.42. The molecular formula is C25H28N6O5S. The first-order valence-electron chi connectivity index (χ1n) is 10.8. The third kappa shape index (κ3) is 6.63. The summed E-state index contributed by atoms with van der Waals surface area (Å²) >= 11 is 0. The number of carbonyl (C=O) groups is 1. The summed E-state index contributed by atoms with van der Waals surface area (Å²) in [4.78, 5) is 20.8. The quantitative estimate of drug-likeness (QED) is 0.220. The zero-order chi connectivity index (χ0) is 25.7. The molecule has 0 unspecified atom stereocenters. The molecule has 0 saturated carbocycles. The normalized spacial score (nSPS) is 10.9. The highest BCUT2D eigenvalue weighted by atomic mass is 32.2. The number of aromatic nitrogens is 2. The second-order valence-corrected chi connectivity index (χ2v) is 9.35. The molecule has 37 heavy (non-hydrogen) atoms. The van der Waals surface area contributed by atoms with Crippen LogP contribution in [0.3, 0.4) is 0 Å². The summed E-state index contributed by atoms with van der Waals surface area (Å²) in [5.74, 6) is 0.0906. The number of methoxy groups -OCH3 is 1. The highest BCUT2D eigenvalue weighted by Gasteiger charge is 2.20. The molecule has 4 aromatic rings. The van der Waals surface area contributed by atoms with Crippen molar-refractivity contribution in [2.24, 2.45) is 0 Å². The second-order valence-electron chi connectivity index (χ2n) is 7.67. The van der Waals surface area contributed by atoms with E-state index in [1.54, 1.807) is 43.4 Å². The molecule has 0 saturated heterocycles. The van der Waals surface area contributed by atoms with Crippen molar-refractivity contribution in [1.82, 2.24) is 15.3 Å². The number of nitrogens with zero attached hydrogens (tertiary/aromatic N) is 2. The van der Waals surface area contributed by atoms with Crippen LogP contribution in [0.15, 0.2) is 71.6 Å². The summed E-state index contributed by atoms with van der Waals surface area (Å²) < 4.78 is 34.2. The fraction of sp³-hybridized carbons (Fsp3) is 0.160. The molecule has 0 bridgehead atoms. The number of anilines is 4. The van der Waals surface area contributed by atoms with Crippen molar-refractivity contribution in [3.05, 3.63) is 66.7 Å². The Balaban J connectivity index is 0.00000380. The summed E-state index contributed by atoms with van der Waals surface area (Å²) in [7, 11) is -1.03. The lowest BCUT2D eigenvalue weighted by atomic mass is 10.2. The average molecular weight is 525 g/mol. The van der Waals surface area contributed by atoms with E-state index in [4.69, 9.17) is 4.74 Å². The van der Waals surface area contributed by atoms with Gasteiger partial charge in [0.05, 0.1) is 29.6 Å². The van der Waals surface area contributed by atoms with E-state index >= 15 is 0 Å². The van der Waals surface area contributed by atoms with Crippen molar-refractivity contribution in [3.63, 3.8) is 0 Å². The van der Waals surface area contributed by atoms with Crippen LogP contribution in [-0.2, 0) is 14.8 Å². The summed E-state index contributed by atoms with van der Waals surface area (Å²) in [6, 6.07) is 17.3. The molecule has 194 valence electrons. The van der Waals surface area contributed by atoms with Crippen molar-refractivity contribution < 1.29 is 23.1 Å². The van der Waals surface area contributed by atoms with Crippen molar-refractivity contribution in [2.45, 2.75) is 12.3 Å². The molecule has 11 nitrogen and oxygen atoms in total. The van der Waals surface area contributed by atoms with E-state index < -0.39 is 10.0 Å². The Morgan fingerprint density at radius 3 is 2.32 bits per heavy atom. The molecular weight excluding hydrogens is 496 g/mol. The van der Waals surface area contributed by atoms with Gasteiger partial charge in [0.2, 0.25) is 5.91 Å². The largest absolute Gasteiger partial charge is 0.508 e. The van der Waals surface area contributed by atoms with Crippen LogP contribution in [0.5, 0.6) is 11.5 Å².